The van der Waals surface area contributed by atoms with E-state index < -0.39 is 6.10 Å². The van der Waals surface area contributed by atoms with E-state index in [2.05, 4.69) is 41.5 Å². The molecule has 0 saturated carbocycles. The molecule has 0 N–H and O–H groups in total. The highest BCUT2D eigenvalue weighted by atomic mass is 16.6. The Morgan fingerprint density at radius 3 is 0.765 bits per heavy atom. The first kappa shape index (κ1) is 66.4. The summed E-state index contributed by atoms with van der Waals surface area (Å²) in [5, 5.41) is 0. The molecule has 0 aliphatic heterocycles. The number of rotatable bonds is 55. The van der Waals surface area contributed by atoms with Crippen LogP contribution in [0, 0.1) is 17.8 Å². The van der Waals surface area contributed by atoms with Gasteiger partial charge in [0, 0.05) is 19.3 Å². The summed E-state index contributed by atoms with van der Waals surface area (Å²) in [4.78, 5) is 38.1. The van der Waals surface area contributed by atoms with Crippen molar-refractivity contribution in [1.29, 1.82) is 0 Å². The number of carbonyl (C=O) groups is 3. The van der Waals surface area contributed by atoms with Gasteiger partial charge in [0.2, 0.25) is 0 Å². The average Bonchev–Trinajstić information content (AvgIpc) is 3.31. The Hall–Kier alpha value is -1.59. The highest BCUT2D eigenvalue weighted by Crippen LogP contribution is 2.19. The van der Waals surface area contributed by atoms with Crippen LogP contribution in [-0.4, -0.2) is 37.2 Å². The number of esters is 3. The lowest BCUT2D eigenvalue weighted by molar-refractivity contribution is -0.167. The van der Waals surface area contributed by atoms with Gasteiger partial charge >= 0.3 is 17.9 Å². The number of hydrogen-bond acceptors (Lipinski definition) is 6. The SMILES string of the molecule is CCC(C)CCCCCCCCCCCCCCCCCCCCC(=O)OC[C@@H](COC(=O)CCCCCCCCC(C)C)OC(=O)CCCCCCCCCCCCCCCCCCC(C)C. The molecular formula is C62H120O6. The van der Waals surface area contributed by atoms with Crippen LogP contribution in [0.15, 0.2) is 0 Å². The van der Waals surface area contributed by atoms with Crippen LogP contribution in [0.5, 0.6) is 0 Å². The molecule has 0 aromatic rings. The van der Waals surface area contributed by atoms with E-state index >= 15 is 0 Å². The summed E-state index contributed by atoms with van der Waals surface area (Å²) in [5.41, 5.74) is 0. The molecule has 1 unspecified atom stereocenters. The molecule has 0 aliphatic rings. The van der Waals surface area contributed by atoms with Crippen molar-refractivity contribution >= 4 is 17.9 Å². The van der Waals surface area contributed by atoms with Gasteiger partial charge in [-0.25, -0.2) is 0 Å². The fourth-order valence-corrected chi connectivity index (χ4v) is 9.50. The normalized spacial score (nSPS) is 12.5. The van der Waals surface area contributed by atoms with Gasteiger partial charge in [0.05, 0.1) is 0 Å². The Bertz CT molecular complexity index is 1060. The molecule has 0 aliphatic carbocycles. The van der Waals surface area contributed by atoms with Crippen LogP contribution >= 0.6 is 0 Å². The monoisotopic (exact) mass is 961 g/mol. The number of hydrogen-bond donors (Lipinski definition) is 0. The van der Waals surface area contributed by atoms with E-state index in [0.717, 1.165) is 75.5 Å². The first-order valence-corrected chi connectivity index (χ1v) is 30.6. The molecule has 6 heteroatoms. The molecular weight excluding hydrogens is 841 g/mol. The van der Waals surface area contributed by atoms with Crippen molar-refractivity contribution in [3.8, 4) is 0 Å². The van der Waals surface area contributed by atoms with Crippen LogP contribution in [0.3, 0.4) is 0 Å². The van der Waals surface area contributed by atoms with Crippen molar-refractivity contribution in [1.82, 2.24) is 0 Å². The second kappa shape index (κ2) is 53.2. The van der Waals surface area contributed by atoms with E-state index in [1.807, 2.05) is 0 Å². The van der Waals surface area contributed by atoms with Crippen molar-refractivity contribution in [3.05, 3.63) is 0 Å². The van der Waals surface area contributed by atoms with E-state index in [1.165, 1.54) is 225 Å². The van der Waals surface area contributed by atoms with Gasteiger partial charge in [-0.2, -0.15) is 0 Å². The predicted octanol–water partition coefficient (Wildman–Crippen LogP) is 20.3. The molecule has 0 spiro atoms. The highest BCUT2D eigenvalue weighted by Gasteiger charge is 2.19. The second-order valence-electron chi connectivity index (χ2n) is 22.5. The predicted molar refractivity (Wildman–Crippen MR) is 293 cm³/mol. The van der Waals surface area contributed by atoms with Gasteiger partial charge in [-0.1, -0.05) is 305 Å². The van der Waals surface area contributed by atoms with Crippen LogP contribution in [-0.2, 0) is 28.6 Å². The smallest absolute Gasteiger partial charge is 0.306 e. The van der Waals surface area contributed by atoms with Gasteiger partial charge in [-0.05, 0) is 37.0 Å². The first-order valence-electron chi connectivity index (χ1n) is 30.6. The minimum absolute atomic E-state index is 0.0640. The van der Waals surface area contributed by atoms with Crippen LogP contribution in [0.4, 0.5) is 0 Å². The van der Waals surface area contributed by atoms with E-state index in [0.29, 0.717) is 19.3 Å². The van der Waals surface area contributed by atoms with E-state index in [1.54, 1.807) is 0 Å². The van der Waals surface area contributed by atoms with Crippen molar-refractivity contribution in [2.24, 2.45) is 17.8 Å². The zero-order chi connectivity index (χ0) is 49.8. The lowest BCUT2D eigenvalue weighted by Gasteiger charge is -2.18. The highest BCUT2D eigenvalue weighted by molar-refractivity contribution is 5.71. The molecule has 0 rings (SSSR count). The summed E-state index contributed by atoms with van der Waals surface area (Å²) in [6, 6.07) is 0. The third-order valence-corrected chi connectivity index (χ3v) is 14.5. The van der Waals surface area contributed by atoms with Gasteiger partial charge in [-0.15, -0.1) is 0 Å². The molecule has 0 aromatic heterocycles. The lowest BCUT2D eigenvalue weighted by Crippen LogP contribution is -2.30. The molecule has 6 nitrogen and oxygen atoms in total. The molecule has 0 fully saturated rings. The third-order valence-electron chi connectivity index (χ3n) is 14.5. The molecule has 0 heterocycles. The fourth-order valence-electron chi connectivity index (χ4n) is 9.50. The Morgan fingerprint density at radius 2 is 0.515 bits per heavy atom. The first-order chi connectivity index (χ1) is 33.1. The van der Waals surface area contributed by atoms with E-state index in [9.17, 15) is 14.4 Å². The van der Waals surface area contributed by atoms with Crippen molar-refractivity contribution < 1.29 is 28.6 Å². The van der Waals surface area contributed by atoms with Crippen molar-refractivity contribution in [2.45, 2.75) is 349 Å². The summed E-state index contributed by atoms with van der Waals surface area (Å²) in [7, 11) is 0. The Morgan fingerprint density at radius 1 is 0.294 bits per heavy atom. The lowest BCUT2D eigenvalue weighted by atomic mass is 9.99. The minimum Gasteiger partial charge on any atom is -0.462 e. The van der Waals surface area contributed by atoms with Gasteiger partial charge in [-0.3, -0.25) is 14.4 Å². The maximum absolute atomic E-state index is 12.9. The Labute approximate surface area is 425 Å². The summed E-state index contributed by atoms with van der Waals surface area (Å²) >= 11 is 0. The van der Waals surface area contributed by atoms with Crippen molar-refractivity contribution in [2.75, 3.05) is 13.2 Å². The quantitative estimate of drug-likeness (QED) is 0.0343. The summed E-state index contributed by atoms with van der Waals surface area (Å²) in [6.07, 6.45) is 56.9. The summed E-state index contributed by atoms with van der Waals surface area (Å²) in [6.45, 7) is 13.8. The fraction of sp³-hybridized carbons (Fsp3) is 0.952. The van der Waals surface area contributed by atoms with Gasteiger partial charge in [0.25, 0.3) is 0 Å². The molecule has 0 aromatic carbocycles. The van der Waals surface area contributed by atoms with Crippen LogP contribution < -0.4 is 0 Å². The molecule has 0 saturated heterocycles. The van der Waals surface area contributed by atoms with Crippen molar-refractivity contribution in [3.63, 3.8) is 0 Å². The molecule has 0 radical (unpaired) electrons. The second-order valence-corrected chi connectivity index (χ2v) is 22.5. The minimum atomic E-state index is -0.764. The Balaban J connectivity index is 4.17. The number of ether oxygens (including phenoxy) is 3. The third kappa shape index (κ3) is 53.8. The topological polar surface area (TPSA) is 78.9 Å². The number of carbonyl (C=O) groups excluding carboxylic acids is 3. The van der Waals surface area contributed by atoms with Gasteiger partial charge in [0.1, 0.15) is 13.2 Å². The van der Waals surface area contributed by atoms with E-state index in [-0.39, 0.29) is 31.1 Å². The summed E-state index contributed by atoms with van der Waals surface area (Å²) in [5.74, 6) is 1.68. The molecule has 68 heavy (non-hydrogen) atoms. The standard InChI is InChI=1S/C62H120O6/c1-7-58(6)50-44-38-31-27-23-19-15-10-8-9-11-16-20-24-28-32-39-45-51-60(63)66-54-59(55-67-61(64)52-46-40-35-34-37-43-49-57(4)5)68-62(65)53-47-41-33-29-25-21-17-13-12-14-18-22-26-30-36-42-48-56(2)3/h56-59H,7-55H2,1-6H3/t58?,59-/m0/s1. The maximum atomic E-state index is 12.9. The molecule has 0 bridgehead atoms. The number of unbranched alkanes of at least 4 members (excludes halogenated alkanes) is 37. The maximum Gasteiger partial charge on any atom is 0.306 e. The molecule has 404 valence electrons. The largest absolute Gasteiger partial charge is 0.462 e. The summed E-state index contributed by atoms with van der Waals surface area (Å²) < 4.78 is 16.9. The van der Waals surface area contributed by atoms with Gasteiger partial charge in [0.15, 0.2) is 6.10 Å². The Kier molecular flexibility index (Phi) is 52.0. The molecule has 2 atom stereocenters. The average molecular weight is 962 g/mol. The van der Waals surface area contributed by atoms with Gasteiger partial charge < -0.3 is 14.2 Å². The zero-order valence-electron chi connectivity index (χ0n) is 46.9. The van der Waals surface area contributed by atoms with Crippen LogP contribution in [0.1, 0.15) is 343 Å². The van der Waals surface area contributed by atoms with Crippen LogP contribution in [0.25, 0.3) is 0 Å². The van der Waals surface area contributed by atoms with E-state index in [4.69, 9.17) is 14.2 Å². The molecule has 0 amide bonds. The van der Waals surface area contributed by atoms with Crippen LogP contribution in [0.2, 0.25) is 0 Å². The zero-order valence-corrected chi connectivity index (χ0v) is 46.9.